The van der Waals surface area contributed by atoms with Gasteiger partial charge < -0.3 is 10.5 Å². The van der Waals surface area contributed by atoms with Gasteiger partial charge in [0.2, 0.25) is 0 Å². The second-order valence-corrected chi connectivity index (χ2v) is 4.96. The number of hydrogen-bond acceptors (Lipinski definition) is 3. The minimum absolute atomic E-state index is 0.0684. The average Bonchev–Trinajstić information content (AvgIpc) is 2.15. The number of hydrogen-bond donors (Lipinski definition) is 1. The van der Waals surface area contributed by atoms with Crippen LogP contribution < -0.4 is 10.5 Å². The number of nitrogens with zero attached hydrogens (tertiary/aromatic N) is 1. The molecular weight excluding hydrogens is 188 g/mol. The fraction of sp³-hybridized carbons (Fsp3) is 0.583. The maximum absolute atomic E-state index is 6.12. The fourth-order valence-electron chi connectivity index (χ4n) is 1.61. The highest BCUT2D eigenvalue weighted by molar-refractivity contribution is 5.29. The van der Waals surface area contributed by atoms with Crippen molar-refractivity contribution in [1.29, 1.82) is 0 Å². The molecule has 1 aromatic heterocycles. The Morgan fingerprint density at radius 1 is 1.47 bits per heavy atom. The number of aromatic nitrogens is 1. The second-order valence-electron chi connectivity index (χ2n) is 4.96. The summed E-state index contributed by atoms with van der Waals surface area (Å²) in [4.78, 5) is 4.28. The smallest absolute Gasteiger partial charge is 0.141 e. The van der Waals surface area contributed by atoms with Gasteiger partial charge in [0, 0.05) is 6.20 Å². The fourth-order valence-corrected chi connectivity index (χ4v) is 1.61. The molecule has 0 aliphatic heterocycles. The second kappa shape index (κ2) is 4.62. The Labute approximate surface area is 91.7 Å². The quantitative estimate of drug-likeness (QED) is 0.830. The molecule has 1 heterocycles. The standard InChI is InChI=1S/C12H20N2O/c1-12(2,3)8-9(13)11-10(15-4)6-5-7-14-11/h5-7,9H,8,13H2,1-4H3. The average molecular weight is 208 g/mol. The van der Waals surface area contributed by atoms with Crippen molar-refractivity contribution in [2.24, 2.45) is 11.1 Å². The Morgan fingerprint density at radius 2 is 2.13 bits per heavy atom. The molecule has 1 atom stereocenters. The van der Waals surface area contributed by atoms with Crippen molar-refractivity contribution in [3.05, 3.63) is 24.0 Å². The molecule has 0 aliphatic rings. The van der Waals surface area contributed by atoms with E-state index in [9.17, 15) is 0 Å². The predicted molar refractivity (Wildman–Crippen MR) is 61.8 cm³/mol. The van der Waals surface area contributed by atoms with E-state index >= 15 is 0 Å². The topological polar surface area (TPSA) is 48.1 Å². The van der Waals surface area contributed by atoms with Gasteiger partial charge in [0.25, 0.3) is 0 Å². The molecule has 0 saturated carbocycles. The molecule has 3 nitrogen and oxygen atoms in total. The van der Waals surface area contributed by atoms with E-state index in [0.717, 1.165) is 17.9 Å². The monoisotopic (exact) mass is 208 g/mol. The van der Waals surface area contributed by atoms with Crippen molar-refractivity contribution >= 4 is 0 Å². The van der Waals surface area contributed by atoms with Gasteiger partial charge in [-0.1, -0.05) is 20.8 Å². The maximum Gasteiger partial charge on any atom is 0.141 e. The van der Waals surface area contributed by atoms with Crippen molar-refractivity contribution in [3.63, 3.8) is 0 Å². The number of pyridine rings is 1. The lowest BCUT2D eigenvalue weighted by atomic mass is 9.87. The number of ether oxygens (including phenoxy) is 1. The summed E-state index contributed by atoms with van der Waals surface area (Å²) in [6.07, 6.45) is 2.64. The normalized spacial score (nSPS) is 13.7. The van der Waals surface area contributed by atoms with Crippen LogP contribution in [0.15, 0.2) is 18.3 Å². The van der Waals surface area contributed by atoms with Gasteiger partial charge in [0.1, 0.15) is 5.75 Å². The van der Waals surface area contributed by atoms with Crippen LogP contribution in [0.4, 0.5) is 0 Å². The predicted octanol–water partition coefficient (Wildman–Crippen LogP) is 2.53. The lowest BCUT2D eigenvalue weighted by Gasteiger charge is -2.23. The van der Waals surface area contributed by atoms with E-state index in [-0.39, 0.29) is 11.5 Å². The van der Waals surface area contributed by atoms with Crippen LogP contribution >= 0.6 is 0 Å². The molecule has 1 unspecified atom stereocenters. The summed E-state index contributed by atoms with van der Waals surface area (Å²) in [6.45, 7) is 6.51. The molecule has 0 fully saturated rings. The van der Waals surface area contributed by atoms with E-state index in [1.165, 1.54) is 0 Å². The highest BCUT2D eigenvalue weighted by atomic mass is 16.5. The van der Waals surface area contributed by atoms with Crippen LogP contribution in [-0.4, -0.2) is 12.1 Å². The summed E-state index contributed by atoms with van der Waals surface area (Å²) in [5.41, 5.74) is 7.15. The van der Waals surface area contributed by atoms with Crippen LogP contribution in [-0.2, 0) is 0 Å². The van der Waals surface area contributed by atoms with Gasteiger partial charge in [-0.05, 0) is 24.0 Å². The third-order valence-corrected chi connectivity index (χ3v) is 2.20. The molecule has 84 valence electrons. The molecule has 0 spiro atoms. The Morgan fingerprint density at radius 3 is 2.67 bits per heavy atom. The Bertz CT molecular complexity index is 318. The third kappa shape index (κ3) is 3.51. The number of rotatable bonds is 3. The molecule has 1 aromatic rings. The van der Waals surface area contributed by atoms with Gasteiger partial charge in [-0.25, -0.2) is 0 Å². The van der Waals surface area contributed by atoms with E-state index < -0.39 is 0 Å². The summed E-state index contributed by atoms with van der Waals surface area (Å²) >= 11 is 0. The number of methoxy groups -OCH3 is 1. The molecule has 3 heteroatoms. The van der Waals surface area contributed by atoms with Crippen LogP contribution in [0.1, 0.15) is 38.9 Å². The van der Waals surface area contributed by atoms with E-state index in [2.05, 4.69) is 25.8 Å². The largest absolute Gasteiger partial charge is 0.495 e. The third-order valence-electron chi connectivity index (χ3n) is 2.20. The summed E-state index contributed by atoms with van der Waals surface area (Å²) < 4.78 is 5.24. The Balaban J connectivity index is 2.86. The minimum Gasteiger partial charge on any atom is -0.495 e. The summed E-state index contributed by atoms with van der Waals surface area (Å²) in [6, 6.07) is 3.68. The van der Waals surface area contributed by atoms with Gasteiger partial charge in [-0.2, -0.15) is 0 Å². The molecular formula is C12H20N2O. The van der Waals surface area contributed by atoms with Crippen LogP contribution in [0.2, 0.25) is 0 Å². The summed E-state index contributed by atoms with van der Waals surface area (Å²) in [5, 5.41) is 0. The van der Waals surface area contributed by atoms with E-state index in [1.54, 1.807) is 13.3 Å². The SMILES string of the molecule is COc1cccnc1C(N)CC(C)(C)C. The summed E-state index contributed by atoms with van der Waals surface area (Å²) in [7, 11) is 1.64. The summed E-state index contributed by atoms with van der Waals surface area (Å²) in [5.74, 6) is 0.772. The highest BCUT2D eigenvalue weighted by Gasteiger charge is 2.20. The maximum atomic E-state index is 6.12. The van der Waals surface area contributed by atoms with Crippen LogP contribution in [0.3, 0.4) is 0 Å². The first-order valence-electron chi connectivity index (χ1n) is 5.18. The first-order chi connectivity index (χ1) is 6.94. The van der Waals surface area contributed by atoms with Crippen LogP contribution in [0.5, 0.6) is 5.75 Å². The van der Waals surface area contributed by atoms with E-state index in [0.29, 0.717) is 0 Å². The highest BCUT2D eigenvalue weighted by Crippen LogP contribution is 2.30. The molecule has 0 saturated heterocycles. The van der Waals surface area contributed by atoms with Crippen molar-refractivity contribution < 1.29 is 4.74 Å². The molecule has 1 rings (SSSR count). The van der Waals surface area contributed by atoms with Crippen molar-refractivity contribution in [2.45, 2.75) is 33.2 Å². The molecule has 0 aromatic carbocycles. The number of nitrogens with two attached hydrogens (primary N) is 1. The lowest BCUT2D eigenvalue weighted by Crippen LogP contribution is -2.20. The van der Waals surface area contributed by atoms with Crippen molar-refractivity contribution in [2.75, 3.05) is 7.11 Å². The first-order valence-corrected chi connectivity index (χ1v) is 5.18. The van der Waals surface area contributed by atoms with Crippen molar-refractivity contribution in [3.8, 4) is 5.75 Å². The minimum atomic E-state index is -0.0684. The Hall–Kier alpha value is -1.09. The first kappa shape index (κ1) is 12.0. The molecule has 0 bridgehead atoms. The van der Waals surface area contributed by atoms with Crippen LogP contribution in [0, 0.1) is 5.41 Å². The Kier molecular flexibility index (Phi) is 3.69. The van der Waals surface area contributed by atoms with Gasteiger partial charge >= 0.3 is 0 Å². The zero-order chi connectivity index (χ0) is 11.5. The van der Waals surface area contributed by atoms with Crippen LogP contribution in [0.25, 0.3) is 0 Å². The van der Waals surface area contributed by atoms with Gasteiger partial charge in [-0.3, -0.25) is 4.98 Å². The van der Waals surface area contributed by atoms with Gasteiger partial charge in [0.05, 0.1) is 18.8 Å². The van der Waals surface area contributed by atoms with Crippen molar-refractivity contribution in [1.82, 2.24) is 4.98 Å². The van der Waals surface area contributed by atoms with Gasteiger partial charge in [0.15, 0.2) is 0 Å². The molecule has 2 N–H and O–H groups in total. The molecule has 0 radical (unpaired) electrons. The molecule has 0 aliphatic carbocycles. The zero-order valence-corrected chi connectivity index (χ0v) is 9.95. The molecule has 15 heavy (non-hydrogen) atoms. The zero-order valence-electron chi connectivity index (χ0n) is 9.95. The molecule has 0 amide bonds. The lowest BCUT2D eigenvalue weighted by molar-refractivity contribution is 0.330. The van der Waals surface area contributed by atoms with Gasteiger partial charge in [-0.15, -0.1) is 0 Å². The van der Waals surface area contributed by atoms with E-state index in [1.807, 2.05) is 12.1 Å². The van der Waals surface area contributed by atoms with E-state index in [4.69, 9.17) is 10.5 Å².